The first-order valence-electron chi connectivity index (χ1n) is 8.49. The lowest BCUT2D eigenvalue weighted by Gasteiger charge is -2.11. The van der Waals surface area contributed by atoms with E-state index in [1.807, 2.05) is 55.6 Å². The summed E-state index contributed by atoms with van der Waals surface area (Å²) < 4.78 is 28.2. The number of hydrogen-bond acceptors (Lipinski definition) is 4. The lowest BCUT2D eigenvalue weighted by atomic mass is 9.99. The molecule has 0 atom stereocenters. The smallest absolute Gasteiger partial charge is 0.168 e. The number of hydrogen-bond donors (Lipinski definition) is 1. The Morgan fingerprint density at radius 1 is 0.852 bits per heavy atom. The average molecular weight is 375 g/mol. The normalized spacial score (nSPS) is 11.0. The molecular weight excluding hydrogens is 358 g/mol. The van der Waals surface area contributed by atoms with Crippen molar-refractivity contribution >= 4 is 21.6 Å². The van der Waals surface area contributed by atoms with E-state index in [1.54, 1.807) is 18.2 Å². The molecule has 0 fully saturated rings. The van der Waals surface area contributed by atoms with Crippen LogP contribution in [0.1, 0.15) is 5.56 Å². The molecule has 0 spiro atoms. The SMILES string of the molecule is Cc1cccc2c(-c3cccc(Oc4cccc([SH](=O)=O)c4)c3)ccnc12. The van der Waals surface area contributed by atoms with Gasteiger partial charge in [0.05, 0.1) is 10.4 Å². The van der Waals surface area contributed by atoms with Crippen LogP contribution >= 0.6 is 0 Å². The van der Waals surface area contributed by atoms with Crippen LogP contribution in [0.25, 0.3) is 22.0 Å². The van der Waals surface area contributed by atoms with Crippen LogP contribution in [-0.2, 0) is 10.7 Å². The number of para-hydroxylation sites is 1. The van der Waals surface area contributed by atoms with Crippen molar-refractivity contribution in [2.45, 2.75) is 11.8 Å². The van der Waals surface area contributed by atoms with Crippen LogP contribution in [0, 0.1) is 6.92 Å². The van der Waals surface area contributed by atoms with Gasteiger partial charge in [-0.1, -0.05) is 36.4 Å². The largest absolute Gasteiger partial charge is 0.457 e. The van der Waals surface area contributed by atoms with Crippen molar-refractivity contribution in [3.63, 3.8) is 0 Å². The van der Waals surface area contributed by atoms with E-state index in [0.717, 1.165) is 27.6 Å². The second kappa shape index (κ2) is 7.21. The van der Waals surface area contributed by atoms with Crippen LogP contribution in [0.15, 0.2) is 83.9 Å². The van der Waals surface area contributed by atoms with Gasteiger partial charge in [-0.2, -0.15) is 0 Å². The van der Waals surface area contributed by atoms with Crippen LogP contribution in [0.3, 0.4) is 0 Å². The fourth-order valence-electron chi connectivity index (χ4n) is 3.10. The first-order chi connectivity index (χ1) is 13.1. The molecule has 1 heterocycles. The third kappa shape index (κ3) is 3.55. The van der Waals surface area contributed by atoms with Crippen molar-refractivity contribution in [2.75, 3.05) is 0 Å². The van der Waals surface area contributed by atoms with Crippen LogP contribution in [-0.4, -0.2) is 13.4 Å². The lowest BCUT2D eigenvalue weighted by Crippen LogP contribution is -1.89. The number of fused-ring (bicyclic) bond motifs is 1. The van der Waals surface area contributed by atoms with Gasteiger partial charge in [-0.05, 0) is 60.0 Å². The molecule has 3 aromatic carbocycles. The average Bonchev–Trinajstić information content (AvgIpc) is 2.68. The summed E-state index contributed by atoms with van der Waals surface area (Å²) in [5.41, 5.74) is 4.20. The Morgan fingerprint density at radius 3 is 2.41 bits per heavy atom. The molecule has 0 saturated carbocycles. The third-order valence-electron chi connectivity index (χ3n) is 4.38. The van der Waals surface area contributed by atoms with E-state index < -0.39 is 10.7 Å². The molecule has 0 amide bonds. The summed E-state index contributed by atoms with van der Waals surface area (Å²) in [5, 5.41) is 1.08. The molecule has 4 aromatic rings. The summed E-state index contributed by atoms with van der Waals surface area (Å²) in [6.07, 6.45) is 1.81. The Bertz CT molecular complexity index is 1210. The Labute approximate surface area is 159 Å². The highest BCUT2D eigenvalue weighted by Crippen LogP contribution is 2.32. The van der Waals surface area contributed by atoms with Gasteiger partial charge >= 0.3 is 0 Å². The van der Waals surface area contributed by atoms with E-state index in [9.17, 15) is 8.42 Å². The topological polar surface area (TPSA) is 56.3 Å². The van der Waals surface area contributed by atoms with E-state index in [0.29, 0.717) is 11.5 Å². The molecule has 0 bridgehead atoms. The zero-order valence-electron chi connectivity index (χ0n) is 14.6. The molecule has 0 unspecified atom stereocenters. The van der Waals surface area contributed by atoms with Gasteiger partial charge in [-0.3, -0.25) is 4.98 Å². The van der Waals surface area contributed by atoms with Crippen LogP contribution < -0.4 is 4.74 Å². The Balaban J connectivity index is 1.74. The summed E-state index contributed by atoms with van der Waals surface area (Å²) in [7, 11) is -2.64. The maximum absolute atomic E-state index is 11.2. The zero-order chi connectivity index (χ0) is 18.8. The van der Waals surface area contributed by atoms with E-state index in [2.05, 4.69) is 11.1 Å². The number of benzene rings is 3. The molecule has 27 heavy (non-hydrogen) atoms. The molecule has 0 N–H and O–H groups in total. The first-order valence-corrected chi connectivity index (χ1v) is 9.67. The number of aromatic nitrogens is 1. The molecule has 0 aliphatic rings. The van der Waals surface area contributed by atoms with Gasteiger partial charge in [0, 0.05) is 11.6 Å². The van der Waals surface area contributed by atoms with Crippen molar-refractivity contribution in [3.8, 4) is 22.6 Å². The monoisotopic (exact) mass is 375 g/mol. The third-order valence-corrected chi connectivity index (χ3v) is 5.08. The van der Waals surface area contributed by atoms with Crippen LogP contribution in [0.5, 0.6) is 11.5 Å². The van der Waals surface area contributed by atoms with Crippen molar-refractivity contribution in [3.05, 3.63) is 84.6 Å². The van der Waals surface area contributed by atoms with Crippen LogP contribution in [0.2, 0.25) is 0 Å². The van der Waals surface area contributed by atoms with Crippen molar-refractivity contribution in [1.29, 1.82) is 0 Å². The summed E-state index contributed by atoms with van der Waals surface area (Å²) in [5.74, 6) is 1.13. The minimum Gasteiger partial charge on any atom is -0.457 e. The molecule has 0 saturated heterocycles. The highest BCUT2D eigenvalue weighted by Gasteiger charge is 2.08. The van der Waals surface area contributed by atoms with Crippen LogP contribution in [0.4, 0.5) is 0 Å². The molecule has 0 radical (unpaired) electrons. The molecule has 5 heteroatoms. The van der Waals surface area contributed by atoms with E-state index in [-0.39, 0.29) is 4.90 Å². The quantitative estimate of drug-likeness (QED) is 0.512. The van der Waals surface area contributed by atoms with Gasteiger partial charge in [0.15, 0.2) is 10.7 Å². The predicted molar refractivity (Wildman–Crippen MR) is 107 cm³/mol. The Morgan fingerprint density at radius 2 is 1.59 bits per heavy atom. The van der Waals surface area contributed by atoms with Gasteiger partial charge < -0.3 is 4.74 Å². The van der Waals surface area contributed by atoms with E-state index in [1.165, 1.54) is 6.07 Å². The minimum atomic E-state index is -2.64. The summed E-state index contributed by atoms with van der Waals surface area (Å²) in [6, 6.07) is 22.3. The number of thiol groups is 1. The number of rotatable bonds is 4. The van der Waals surface area contributed by atoms with Gasteiger partial charge in [0.1, 0.15) is 11.5 Å². The lowest BCUT2D eigenvalue weighted by molar-refractivity contribution is 0.481. The van der Waals surface area contributed by atoms with E-state index in [4.69, 9.17) is 4.74 Å². The molecule has 0 aliphatic heterocycles. The fourth-order valence-corrected chi connectivity index (χ4v) is 3.54. The van der Waals surface area contributed by atoms with Crippen molar-refractivity contribution in [2.24, 2.45) is 0 Å². The Hall–Kier alpha value is -3.18. The molecule has 0 aliphatic carbocycles. The predicted octanol–water partition coefficient (Wildman–Crippen LogP) is 4.97. The molecule has 4 nitrogen and oxygen atoms in total. The highest BCUT2D eigenvalue weighted by molar-refractivity contribution is 7.72. The summed E-state index contributed by atoms with van der Waals surface area (Å²) >= 11 is 0. The second-order valence-electron chi connectivity index (χ2n) is 6.21. The maximum Gasteiger partial charge on any atom is 0.168 e. The second-order valence-corrected chi connectivity index (χ2v) is 7.24. The summed E-state index contributed by atoms with van der Waals surface area (Å²) in [6.45, 7) is 2.05. The molecule has 1 aromatic heterocycles. The van der Waals surface area contributed by atoms with Gasteiger partial charge in [-0.25, -0.2) is 8.42 Å². The number of nitrogens with zero attached hydrogens (tertiary/aromatic N) is 1. The first kappa shape index (κ1) is 17.2. The molecule has 134 valence electrons. The van der Waals surface area contributed by atoms with Gasteiger partial charge in [-0.15, -0.1) is 0 Å². The Kier molecular flexibility index (Phi) is 4.60. The fraction of sp³-hybridized carbons (Fsp3) is 0.0455. The van der Waals surface area contributed by atoms with Gasteiger partial charge in [0.2, 0.25) is 0 Å². The van der Waals surface area contributed by atoms with Gasteiger partial charge in [0.25, 0.3) is 0 Å². The van der Waals surface area contributed by atoms with Crippen molar-refractivity contribution in [1.82, 2.24) is 4.98 Å². The van der Waals surface area contributed by atoms with Crippen molar-refractivity contribution < 1.29 is 13.2 Å². The minimum absolute atomic E-state index is 0.231. The molecule has 4 rings (SSSR count). The zero-order valence-corrected chi connectivity index (χ0v) is 15.5. The standard InChI is InChI=1S/C22H17NO3S/c1-15-5-2-10-21-20(11-12-23-22(15)21)16-6-3-7-17(13-16)26-18-8-4-9-19(14-18)27(24)25/h2-14,27H,1H3. The summed E-state index contributed by atoms with van der Waals surface area (Å²) in [4.78, 5) is 4.73. The van der Waals surface area contributed by atoms with E-state index >= 15 is 0 Å². The number of pyridine rings is 1. The highest BCUT2D eigenvalue weighted by atomic mass is 32.2. The number of ether oxygens (including phenoxy) is 1. The maximum atomic E-state index is 11.2. The molecular formula is C22H17NO3S. The number of aryl methyl sites for hydroxylation is 1.